The van der Waals surface area contributed by atoms with E-state index in [0.717, 1.165) is 24.5 Å². The first kappa shape index (κ1) is 16.5. The van der Waals surface area contributed by atoms with E-state index in [9.17, 15) is 4.79 Å². The van der Waals surface area contributed by atoms with Gasteiger partial charge in [0, 0.05) is 56.5 Å². The van der Waals surface area contributed by atoms with Crippen LogP contribution in [0.25, 0.3) is 5.69 Å². The molecule has 1 saturated heterocycles. The lowest BCUT2D eigenvalue weighted by molar-refractivity contribution is 0.0935. The predicted molar refractivity (Wildman–Crippen MR) is 96.1 cm³/mol. The second-order valence-electron chi connectivity index (χ2n) is 6.72. The van der Waals surface area contributed by atoms with Crippen LogP contribution in [0.5, 0.6) is 0 Å². The quantitative estimate of drug-likeness (QED) is 0.753. The molecule has 4 heterocycles. The highest BCUT2D eigenvalue weighted by molar-refractivity contribution is 5.94. The number of carbonyl (C=O) groups is 1. The normalized spacial score (nSPS) is 20.4. The molecule has 1 aliphatic heterocycles. The summed E-state index contributed by atoms with van der Waals surface area (Å²) in [6, 6.07) is 3.73. The van der Waals surface area contributed by atoms with Crippen molar-refractivity contribution in [3.8, 4) is 5.69 Å². The third kappa shape index (κ3) is 3.11. The Morgan fingerprint density at radius 3 is 2.69 bits per heavy atom. The summed E-state index contributed by atoms with van der Waals surface area (Å²) in [5.74, 6) is 0.101. The third-order valence-corrected chi connectivity index (χ3v) is 4.82. The Hall–Kier alpha value is -3.00. The summed E-state index contributed by atoms with van der Waals surface area (Å²) >= 11 is 0. The van der Waals surface area contributed by atoms with Crippen molar-refractivity contribution in [3.63, 3.8) is 0 Å². The van der Waals surface area contributed by atoms with Gasteiger partial charge in [0.1, 0.15) is 0 Å². The summed E-state index contributed by atoms with van der Waals surface area (Å²) in [5.41, 5.74) is 2.54. The topological polar surface area (TPSA) is 80.9 Å². The van der Waals surface area contributed by atoms with Crippen molar-refractivity contribution >= 4 is 5.91 Å². The van der Waals surface area contributed by atoms with Gasteiger partial charge in [-0.25, -0.2) is 9.67 Å². The number of carbonyl (C=O) groups excluding carboxylic acids is 1. The van der Waals surface area contributed by atoms with E-state index in [-0.39, 0.29) is 17.9 Å². The summed E-state index contributed by atoms with van der Waals surface area (Å²) in [6.07, 6.45) is 10.4. The van der Waals surface area contributed by atoms with Crippen LogP contribution in [0.1, 0.15) is 22.0 Å². The molecule has 8 nitrogen and oxygen atoms in total. The van der Waals surface area contributed by atoms with Crippen molar-refractivity contribution in [2.24, 2.45) is 7.05 Å². The zero-order valence-corrected chi connectivity index (χ0v) is 14.8. The molecule has 134 valence electrons. The van der Waals surface area contributed by atoms with Gasteiger partial charge in [-0.2, -0.15) is 5.10 Å². The maximum atomic E-state index is 12.7. The van der Waals surface area contributed by atoms with Gasteiger partial charge in [-0.1, -0.05) is 0 Å². The lowest BCUT2D eigenvalue weighted by Gasteiger charge is -2.20. The minimum Gasteiger partial charge on any atom is -0.347 e. The van der Waals surface area contributed by atoms with Crippen molar-refractivity contribution in [1.29, 1.82) is 0 Å². The molecule has 0 spiro atoms. The molecule has 4 rings (SSSR count). The Kier molecular flexibility index (Phi) is 4.26. The number of rotatable bonds is 4. The summed E-state index contributed by atoms with van der Waals surface area (Å²) < 4.78 is 3.69. The molecule has 1 N–H and O–H groups in total. The number of nitrogens with zero attached hydrogens (tertiary/aromatic N) is 6. The van der Waals surface area contributed by atoms with Gasteiger partial charge < -0.3 is 14.8 Å². The highest BCUT2D eigenvalue weighted by Crippen LogP contribution is 2.26. The van der Waals surface area contributed by atoms with E-state index in [1.54, 1.807) is 35.8 Å². The molecule has 1 amide bonds. The van der Waals surface area contributed by atoms with Crippen LogP contribution in [0, 0.1) is 0 Å². The average Bonchev–Trinajstić information content (AvgIpc) is 3.36. The summed E-state index contributed by atoms with van der Waals surface area (Å²) in [4.78, 5) is 23.2. The van der Waals surface area contributed by atoms with E-state index < -0.39 is 0 Å². The van der Waals surface area contributed by atoms with Crippen molar-refractivity contribution in [2.45, 2.75) is 12.0 Å². The molecule has 1 fully saturated rings. The second-order valence-corrected chi connectivity index (χ2v) is 6.72. The Morgan fingerprint density at radius 1 is 1.15 bits per heavy atom. The van der Waals surface area contributed by atoms with E-state index in [1.807, 2.05) is 29.9 Å². The molecule has 0 radical (unpaired) electrons. The van der Waals surface area contributed by atoms with Gasteiger partial charge in [0.2, 0.25) is 0 Å². The zero-order chi connectivity index (χ0) is 18.1. The fourth-order valence-electron chi connectivity index (χ4n) is 3.50. The van der Waals surface area contributed by atoms with Crippen LogP contribution < -0.4 is 5.32 Å². The smallest absolute Gasteiger partial charge is 0.254 e. The standard InChI is InChI=1S/C18H21N7O/c1-23-10-15(17-8-20-12-24(17)2)16(11-23)22-18(26)13-7-21-25(9-13)14-3-5-19-6-4-14/h3-9,12,15-16H,10-11H2,1-2H3,(H,22,26)/t15-,16-/m1/s1. The number of imidazole rings is 1. The van der Waals surface area contributed by atoms with E-state index in [1.165, 1.54) is 0 Å². The van der Waals surface area contributed by atoms with Crippen LogP contribution in [0.15, 0.2) is 49.4 Å². The molecular weight excluding hydrogens is 330 g/mol. The molecule has 0 unspecified atom stereocenters. The minimum atomic E-state index is -0.113. The number of hydrogen-bond acceptors (Lipinski definition) is 5. The summed E-state index contributed by atoms with van der Waals surface area (Å²) in [5, 5.41) is 7.45. The minimum absolute atomic E-state index is 0.0344. The molecule has 0 bridgehead atoms. The number of nitrogens with one attached hydrogen (secondary N) is 1. The number of amides is 1. The first-order valence-electron chi connectivity index (χ1n) is 8.52. The van der Waals surface area contributed by atoms with Crippen molar-refractivity contribution in [3.05, 3.63) is 60.7 Å². The monoisotopic (exact) mass is 351 g/mol. The Bertz CT molecular complexity index is 901. The number of hydrogen-bond donors (Lipinski definition) is 1. The fraction of sp³-hybridized carbons (Fsp3) is 0.333. The van der Waals surface area contributed by atoms with E-state index in [2.05, 4.69) is 32.3 Å². The second kappa shape index (κ2) is 6.72. The molecule has 0 saturated carbocycles. The summed E-state index contributed by atoms with van der Waals surface area (Å²) in [6.45, 7) is 1.70. The third-order valence-electron chi connectivity index (χ3n) is 4.82. The van der Waals surface area contributed by atoms with Gasteiger partial charge in [0.05, 0.1) is 29.8 Å². The van der Waals surface area contributed by atoms with Crippen LogP contribution in [-0.2, 0) is 7.05 Å². The van der Waals surface area contributed by atoms with Gasteiger partial charge >= 0.3 is 0 Å². The predicted octanol–water partition coefficient (Wildman–Crippen LogP) is 0.828. The van der Waals surface area contributed by atoms with Crippen molar-refractivity contribution in [1.82, 2.24) is 34.5 Å². The van der Waals surface area contributed by atoms with E-state index >= 15 is 0 Å². The van der Waals surface area contributed by atoms with E-state index in [4.69, 9.17) is 0 Å². The van der Waals surface area contributed by atoms with Gasteiger partial charge in [0.15, 0.2) is 0 Å². The van der Waals surface area contributed by atoms with Gasteiger partial charge in [-0.15, -0.1) is 0 Å². The molecular formula is C18H21N7O. The van der Waals surface area contributed by atoms with E-state index in [0.29, 0.717) is 5.56 Å². The first-order chi connectivity index (χ1) is 12.6. The number of aryl methyl sites for hydroxylation is 1. The average molecular weight is 351 g/mol. The lowest BCUT2D eigenvalue weighted by Crippen LogP contribution is -2.39. The number of pyridine rings is 1. The Labute approximate surface area is 151 Å². The van der Waals surface area contributed by atoms with Crippen molar-refractivity contribution < 1.29 is 4.79 Å². The SMILES string of the molecule is CN1C[C@@H](NC(=O)c2cnn(-c3ccncc3)c2)[C@H](c2cncn2C)C1. The summed E-state index contributed by atoms with van der Waals surface area (Å²) in [7, 11) is 4.05. The van der Waals surface area contributed by atoms with Crippen LogP contribution >= 0.6 is 0 Å². The Morgan fingerprint density at radius 2 is 1.96 bits per heavy atom. The molecule has 3 aromatic heterocycles. The maximum Gasteiger partial charge on any atom is 0.254 e. The van der Waals surface area contributed by atoms with Gasteiger partial charge in [0.25, 0.3) is 5.91 Å². The van der Waals surface area contributed by atoms with Gasteiger partial charge in [-0.05, 0) is 19.2 Å². The molecule has 2 atom stereocenters. The first-order valence-corrected chi connectivity index (χ1v) is 8.52. The van der Waals surface area contributed by atoms with Crippen LogP contribution in [0.4, 0.5) is 0 Å². The lowest BCUT2D eigenvalue weighted by atomic mass is 10.00. The Balaban J connectivity index is 1.51. The highest BCUT2D eigenvalue weighted by atomic mass is 16.1. The molecule has 26 heavy (non-hydrogen) atoms. The highest BCUT2D eigenvalue weighted by Gasteiger charge is 2.35. The molecule has 0 aromatic carbocycles. The van der Waals surface area contributed by atoms with Crippen molar-refractivity contribution in [2.75, 3.05) is 20.1 Å². The number of aromatic nitrogens is 5. The maximum absolute atomic E-state index is 12.7. The molecule has 8 heteroatoms. The molecule has 3 aromatic rings. The van der Waals surface area contributed by atoms with Gasteiger partial charge in [-0.3, -0.25) is 9.78 Å². The molecule has 1 aliphatic rings. The molecule has 0 aliphatic carbocycles. The van der Waals surface area contributed by atoms with Crippen LogP contribution in [0.3, 0.4) is 0 Å². The zero-order valence-electron chi connectivity index (χ0n) is 14.8. The number of likely N-dealkylation sites (N-methyl/N-ethyl adjacent to an activating group) is 1. The largest absolute Gasteiger partial charge is 0.347 e. The van der Waals surface area contributed by atoms with Crippen LogP contribution in [0.2, 0.25) is 0 Å². The number of likely N-dealkylation sites (tertiary alicyclic amines) is 1. The fourth-order valence-corrected chi connectivity index (χ4v) is 3.50. The van der Waals surface area contributed by atoms with Crippen LogP contribution in [-0.4, -0.2) is 61.3 Å².